The lowest BCUT2D eigenvalue weighted by Gasteiger charge is -2.39. The van der Waals surface area contributed by atoms with E-state index in [0.29, 0.717) is 17.9 Å². The fourth-order valence-corrected chi connectivity index (χ4v) is 5.07. The fourth-order valence-electron chi connectivity index (χ4n) is 4.88. The number of fused-ring (bicyclic) bond motifs is 1. The number of hydrogen-bond acceptors (Lipinski definition) is 5. The Bertz CT molecular complexity index is 1140. The van der Waals surface area contributed by atoms with Gasteiger partial charge in [-0.25, -0.2) is 0 Å². The van der Waals surface area contributed by atoms with Crippen molar-refractivity contribution < 1.29 is 19.5 Å². The van der Waals surface area contributed by atoms with E-state index in [1.165, 1.54) is 12.1 Å². The third-order valence-corrected chi connectivity index (χ3v) is 6.82. The molecule has 0 bridgehead atoms. The predicted octanol–water partition coefficient (Wildman–Crippen LogP) is 3.58. The summed E-state index contributed by atoms with van der Waals surface area (Å²) < 4.78 is 0. The van der Waals surface area contributed by atoms with Crippen molar-refractivity contribution in [3.8, 4) is 6.07 Å². The van der Waals surface area contributed by atoms with Crippen LogP contribution < -0.4 is 0 Å². The highest BCUT2D eigenvalue weighted by atomic mass is 35.5. The summed E-state index contributed by atoms with van der Waals surface area (Å²) in [5, 5.41) is 20.5. The predicted molar refractivity (Wildman–Crippen MR) is 121 cm³/mol. The summed E-state index contributed by atoms with van der Waals surface area (Å²) in [7, 11) is 0. The van der Waals surface area contributed by atoms with Gasteiger partial charge in [0.1, 0.15) is 6.04 Å². The van der Waals surface area contributed by atoms with Crippen LogP contribution in [0.15, 0.2) is 48.5 Å². The van der Waals surface area contributed by atoms with Gasteiger partial charge in [0, 0.05) is 5.02 Å². The van der Waals surface area contributed by atoms with E-state index in [4.69, 9.17) is 11.6 Å². The van der Waals surface area contributed by atoms with Gasteiger partial charge in [0.25, 0.3) is 11.8 Å². The summed E-state index contributed by atoms with van der Waals surface area (Å²) in [6.07, 6.45) is 1.14. The fraction of sp³-hybridized carbons (Fsp3) is 0.360. The molecule has 2 heterocycles. The molecule has 1 saturated heterocycles. The minimum atomic E-state index is -1.39. The molecule has 2 aromatic carbocycles. The van der Waals surface area contributed by atoms with E-state index in [2.05, 4.69) is 6.07 Å². The van der Waals surface area contributed by atoms with Gasteiger partial charge < -0.3 is 10.0 Å². The first kappa shape index (κ1) is 23.0. The van der Waals surface area contributed by atoms with Crippen molar-refractivity contribution in [3.63, 3.8) is 0 Å². The summed E-state index contributed by atoms with van der Waals surface area (Å²) >= 11 is 6.19. The quantitative estimate of drug-likeness (QED) is 0.680. The van der Waals surface area contributed by atoms with Gasteiger partial charge in [-0.05, 0) is 56.5 Å². The van der Waals surface area contributed by atoms with Crippen LogP contribution in [-0.4, -0.2) is 51.3 Å². The van der Waals surface area contributed by atoms with E-state index in [9.17, 15) is 24.8 Å². The topological polar surface area (TPSA) is 102 Å². The molecule has 0 aliphatic carbocycles. The van der Waals surface area contributed by atoms with Gasteiger partial charge in [-0.1, -0.05) is 35.9 Å². The summed E-state index contributed by atoms with van der Waals surface area (Å²) in [6.45, 7) is 2.80. The molecule has 0 radical (unpaired) electrons. The first-order valence-corrected chi connectivity index (χ1v) is 11.2. The molecule has 3 atom stereocenters. The number of hydrogen-bond donors (Lipinski definition) is 1. The lowest BCUT2D eigenvalue weighted by molar-refractivity contribution is -0.141. The summed E-state index contributed by atoms with van der Waals surface area (Å²) in [5.41, 5.74) is 0.322. The molecule has 3 amide bonds. The molecule has 1 fully saturated rings. The Hall–Kier alpha value is -3.21. The summed E-state index contributed by atoms with van der Waals surface area (Å²) in [5.74, 6) is -1.79. The molecule has 8 heteroatoms. The standard InChI is InChI=1S/C25H24ClN3O4/c1-25(2,14-27)21-11-10-19(15-6-5-7-16(26)12-15)28(21)24(33)20(13-30)29-22(31)17-8-3-4-9-18(17)23(29)32/h3-9,12,19-21,30H,10-11,13H2,1-2H3/t19-,20+,21+/m0/s1. The molecule has 170 valence electrons. The van der Waals surface area contributed by atoms with Gasteiger partial charge in [-0.15, -0.1) is 0 Å². The van der Waals surface area contributed by atoms with Crippen LogP contribution in [0.5, 0.6) is 0 Å². The van der Waals surface area contributed by atoms with Crippen molar-refractivity contribution >= 4 is 29.3 Å². The van der Waals surface area contributed by atoms with Crippen LogP contribution in [0.25, 0.3) is 0 Å². The van der Waals surface area contributed by atoms with Gasteiger partial charge in [-0.3, -0.25) is 19.3 Å². The normalized spacial score (nSPS) is 21.2. The first-order valence-electron chi connectivity index (χ1n) is 10.8. The number of imide groups is 1. The lowest BCUT2D eigenvalue weighted by Crippen LogP contribution is -2.56. The monoisotopic (exact) mass is 465 g/mol. The number of rotatable bonds is 5. The number of aliphatic hydroxyl groups excluding tert-OH is 1. The molecule has 33 heavy (non-hydrogen) atoms. The highest BCUT2D eigenvalue weighted by molar-refractivity contribution is 6.30. The van der Waals surface area contributed by atoms with Gasteiger partial charge >= 0.3 is 0 Å². The number of nitrogens with zero attached hydrogens (tertiary/aromatic N) is 3. The maximum atomic E-state index is 13.9. The van der Waals surface area contributed by atoms with Gasteiger partial charge in [-0.2, -0.15) is 5.26 Å². The highest BCUT2D eigenvalue weighted by Gasteiger charge is 2.50. The molecule has 2 aromatic rings. The molecule has 2 aliphatic rings. The highest BCUT2D eigenvalue weighted by Crippen LogP contribution is 2.44. The van der Waals surface area contributed by atoms with E-state index in [-0.39, 0.29) is 11.1 Å². The second-order valence-corrected chi connectivity index (χ2v) is 9.40. The van der Waals surface area contributed by atoms with Crippen molar-refractivity contribution in [3.05, 3.63) is 70.2 Å². The van der Waals surface area contributed by atoms with E-state index in [0.717, 1.165) is 10.5 Å². The van der Waals surface area contributed by atoms with Crippen molar-refractivity contribution in [1.29, 1.82) is 5.26 Å². The number of aliphatic hydroxyl groups is 1. The molecule has 7 nitrogen and oxygen atoms in total. The Morgan fingerprint density at radius 3 is 2.33 bits per heavy atom. The lowest BCUT2D eigenvalue weighted by atomic mass is 9.84. The van der Waals surface area contributed by atoms with Crippen molar-refractivity contribution in [2.75, 3.05) is 6.61 Å². The largest absolute Gasteiger partial charge is 0.394 e. The number of halogens is 1. The van der Waals surface area contributed by atoms with Crippen molar-refractivity contribution in [2.45, 2.75) is 44.8 Å². The Morgan fingerprint density at radius 1 is 1.15 bits per heavy atom. The van der Waals surface area contributed by atoms with Crippen LogP contribution >= 0.6 is 11.6 Å². The zero-order chi connectivity index (χ0) is 23.9. The molecule has 1 N–H and O–H groups in total. The molecule has 4 rings (SSSR count). The molecule has 0 aromatic heterocycles. The third-order valence-electron chi connectivity index (χ3n) is 6.59. The SMILES string of the molecule is CC(C)(C#N)[C@H]1CC[C@@H](c2cccc(Cl)c2)N1C(=O)[C@@H](CO)N1C(=O)c2ccccc2C1=O. The minimum absolute atomic E-state index is 0.204. The minimum Gasteiger partial charge on any atom is -0.394 e. The average molecular weight is 466 g/mol. The number of carbonyl (C=O) groups is 3. The van der Waals surface area contributed by atoms with Gasteiger partial charge in [0.05, 0.1) is 41.3 Å². The Morgan fingerprint density at radius 2 is 1.79 bits per heavy atom. The molecular weight excluding hydrogens is 442 g/mol. The van der Waals surface area contributed by atoms with Crippen LogP contribution in [0.1, 0.15) is 59.0 Å². The average Bonchev–Trinajstić information content (AvgIpc) is 3.36. The van der Waals surface area contributed by atoms with Crippen LogP contribution in [0.2, 0.25) is 5.02 Å². The van der Waals surface area contributed by atoms with Crippen LogP contribution in [0.4, 0.5) is 0 Å². The molecule has 0 spiro atoms. The van der Waals surface area contributed by atoms with E-state index in [1.807, 2.05) is 6.07 Å². The molecular formula is C25H24ClN3O4. The maximum Gasteiger partial charge on any atom is 0.262 e. The Balaban J connectivity index is 1.75. The Labute approximate surface area is 197 Å². The number of carbonyl (C=O) groups excluding carboxylic acids is 3. The van der Waals surface area contributed by atoms with Crippen LogP contribution in [0, 0.1) is 16.7 Å². The number of nitriles is 1. The first-order chi connectivity index (χ1) is 15.7. The van der Waals surface area contributed by atoms with Crippen LogP contribution in [0.3, 0.4) is 0 Å². The number of amides is 3. The van der Waals surface area contributed by atoms with E-state index < -0.39 is 47.9 Å². The van der Waals surface area contributed by atoms with Crippen molar-refractivity contribution in [1.82, 2.24) is 9.80 Å². The molecule has 2 aliphatic heterocycles. The van der Waals surface area contributed by atoms with Crippen molar-refractivity contribution in [2.24, 2.45) is 5.41 Å². The smallest absolute Gasteiger partial charge is 0.262 e. The van der Waals surface area contributed by atoms with Crippen LogP contribution in [-0.2, 0) is 4.79 Å². The summed E-state index contributed by atoms with van der Waals surface area (Å²) in [6, 6.07) is 13.5. The number of benzene rings is 2. The van der Waals surface area contributed by atoms with Gasteiger partial charge in [0.2, 0.25) is 5.91 Å². The zero-order valence-corrected chi connectivity index (χ0v) is 19.1. The zero-order valence-electron chi connectivity index (χ0n) is 18.4. The number of likely N-dealkylation sites (tertiary alicyclic amines) is 1. The molecule has 0 saturated carbocycles. The van der Waals surface area contributed by atoms with E-state index in [1.54, 1.807) is 49.1 Å². The van der Waals surface area contributed by atoms with Gasteiger partial charge in [0.15, 0.2) is 0 Å². The van der Waals surface area contributed by atoms with E-state index >= 15 is 0 Å². The second kappa shape index (κ2) is 8.62. The summed E-state index contributed by atoms with van der Waals surface area (Å²) in [4.78, 5) is 42.4. The maximum absolute atomic E-state index is 13.9. The third kappa shape index (κ3) is 3.79. The Kier molecular flexibility index (Phi) is 6.00. The second-order valence-electron chi connectivity index (χ2n) is 8.97. The molecule has 0 unspecified atom stereocenters.